The van der Waals surface area contributed by atoms with Crippen molar-refractivity contribution < 1.29 is 18.1 Å². The van der Waals surface area contributed by atoms with Gasteiger partial charge in [0, 0.05) is 91.2 Å². The standard InChI is InChI=1S/C51H63ClN8O5S2/c1-36(2)65-42-20-24-57(25-21-42)23-19-40(34-66-43-8-6-5-7-9-43)55-47-17-15-44(31-49(47)60(61)62)67(63,64)56-50-46-16-14-41(30-48(46)53-35-54-50)59-28-26-58(27-29-59)33-38-32-51(3,4)22-18-45(38)37-10-12-39(52)13-11-37/h5-17,30-31,35-36,40,42,55H,18-29,32-34H2,1-4H3,(H,53,54,56)/t40-/m1/s1. The van der Waals surface area contributed by atoms with Crippen LogP contribution in [0, 0.1) is 15.5 Å². The molecule has 3 aliphatic rings. The van der Waals surface area contributed by atoms with Crippen LogP contribution in [0.15, 0.2) is 113 Å². The molecule has 0 bridgehead atoms. The van der Waals surface area contributed by atoms with Gasteiger partial charge in [-0.15, -0.1) is 11.8 Å². The predicted molar refractivity (Wildman–Crippen MR) is 273 cm³/mol. The van der Waals surface area contributed by atoms with E-state index >= 15 is 0 Å². The fraction of sp³-hybridized carbons (Fsp3) is 0.451. The fourth-order valence-electron chi connectivity index (χ4n) is 9.58. The number of benzene rings is 4. The van der Waals surface area contributed by atoms with E-state index in [0.29, 0.717) is 16.7 Å². The molecular formula is C51H63ClN8O5S2. The molecule has 16 heteroatoms. The lowest BCUT2D eigenvalue weighted by atomic mass is 9.73. The van der Waals surface area contributed by atoms with Crippen molar-refractivity contribution in [1.82, 2.24) is 19.8 Å². The Kier molecular flexibility index (Phi) is 15.7. The summed E-state index contributed by atoms with van der Waals surface area (Å²) >= 11 is 7.92. The Morgan fingerprint density at radius 2 is 1.67 bits per heavy atom. The number of nitrogens with zero attached hydrogens (tertiary/aromatic N) is 6. The third kappa shape index (κ3) is 12.9. The van der Waals surface area contributed by atoms with Crippen molar-refractivity contribution in [3.05, 3.63) is 124 Å². The van der Waals surface area contributed by atoms with Crippen molar-refractivity contribution >= 4 is 72.7 Å². The first-order chi connectivity index (χ1) is 32.2. The first-order valence-corrected chi connectivity index (χ1v) is 26.3. The van der Waals surface area contributed by atoms with Gasteiger partial charge in [0.05, 0.1) is 27.5 Å². The number of allylic oxidation sites excluding steroid dienone is 1. The van der Waals surface area contributed by atoms with E-state index in [1.807, 2.05) is 60.7 Å². The number of likely N-dealkylation sites (tertiary alicyclic amines) is 1. The number of sulfonamides is 1. The molecule has 2 fully saturated rings. The summed E-state index contributed by atoms with van der Waals surface area (Å²) in [5.74, 6) is 0.766. The second-order valence-corrected chi connectivity index (χ2v) is 22.4. The number of ether oxygens (including phenoxy) is 1. The number of nitro benzene ring substituents is 1. The van der Waals surface area contributed by atoms with E-state index in [-0.39, 0.29) is 45.8 Å². The number of rotatable bonds is 18. The topological polar surface area (TPSA) is 146 Å². The van der Waals surface area contributed by atoms with Crippen LogP contribution in [0.3, 0.4) is 0 Å². The molecule has 356 valence electrons. The minimum Gasteiger partial charge on any atom is -0.376 e. The Bertz CT molecular complexity index is 2640. The third-order valence-electron chi connectivity index (χ3n) is 13.2. The summed E-state index contributed by atoms with van der Waals surface area (Å²) in [4.78, 5) is 29.0. The van der Waals surface area contributed by atoms with E-state index in [4.69, 9.17) is 16.3 Å². The van der Waals surface area contributed by atoms with Crippen LogP contribution in [0.25, 0.3) is 16.5 Å². The number of hydrogen-bond donors (Lipinski definition) is 2. The van der Waals surface area contributed by atoms with E-state index < -0.39 is 14.9 Å². The minimum absolute atomic E-state index is 0.101. The van der Waals surface area contributed by atoms with Crippen LogP contribution in [-0.2, 0) is 14.8 Å². The number of fused-ring (bicyclic) bond motifs is 1. The molecule has 0 radical (unpaired) electrons. The summed E-state index contributed by atoms with van der Waals surface area (Å²) in [6.45, 7) is 16.0. The highest BCUT2D eigenvalue weighted by Crippen LogP contribution is 2.43. The summed E-state index contributed by atoms with van der Waals surface area (Å²) in [5, 5.41) is 17.3. The number of aromatic nitrogens is 2. The average Bonchev–Trinajstić information content (AvgIpc) is 3.31. The van der Waals surface area contributed by atoms with Gasteiger partial charge in [0.25, 0.3) is 15.7 Å². The maximum Gasteiger partial charge on any atom is 0.293 e. The highest BCUT2D eigenvalue weighted by Gasteiger charge is 2.30. The van der Waals surface area contributed by atoms with Gasteiger partial charge in [-0.05, 0) is 124 Å². The Morgan fingerprint density at radius 3 is 2.39 bits per heavy atom. The molecule has 0 saturated carbocycles. The van der Waals surface area contributed by atoms with E-state index in [0.717, 1.165) is 113 Å². The molecule has 4 aromatic carbocycles. The zero-order valence-electron chi connectivity index (χ0n) is 39.0. The van der Waals surface area contributed by atoms with Crippen LogP contribution in [-0.4, -0.2) is 109 Å². The summed E-state index contributed by atoms with van der Waals surface area (Å²) in [6, 6.07) is 28.0. The van der Waals surface area contributed by atoms with Crippen molar-refractivity contribution in [2.75, 3.05) is 73.0 Å². The summed E-state index contributed by atoms with van der Waals surface area (Å²) in [6.07, 6.45) is 7.80. The van der Waals surface area contributed by atoms with E-state index in [1.54, 1.807) is 11.8 Å². The molecule has 13 nitrogen and oxygen atoms in total. The van der Waals surface area contributed by atoms with Gasteiger partial charge in [-0.3, -0.25) is 19.7 Å². The lowest BCUT2D eigenvalue weighted by molar-refractivity contribution is -0.384. The van der Waals surface area contributed by atoms with Crippen molar-refractivity contribution in [3.8, 4) is 0 Å². The van der Waals surface area contributed by atoms with Crippen molar-refractivity contribution in [2.45, 2.75) is 94.3 Å². The van der Waals surface area contributed by atoms with Crippen LogP contribution in [0.1, 0.15) is 71.8 Å². The number of halogens is 1. The number of thioether (sulfide) groups is 1. The van der Waals surface area contributed by atoms with Gasteiger partial charge >= 0.3 is 0 Å². The largest absolute Gasteiger partial charge is 0.376 e. The van der Waals surface area contributed by atoms with Gasteiger partial charge in [0.15, 0.2) is 5.82 Å². The number of nitrogens with one attached hydrogen (secondary N) is 2. The molecule has 0 spiro atoms. The number of piperazine rings is 1. The van der Waals surface area contributed by atoms with Crippen molar-refractivity contribution in [3.63, 3.8) is 0 Å². The molecule has 1 aliphatic carbocycles. The fourth-order valence-corrected chi connectivity index (χ4v) is 11.8. The molecule has 67 heavy (non-hydrogen) atoms. The van der Waals surface area contributed by atoms with E-state index in [1.165, 1.54) is 35.2 Å². The zero-order valence-corrected chi connectivity index (χ0v) is 41.4. The van der Waals surface area contributed by atoms with Crippen LogP contribution < -0.4 is 14.9 Å². The predicted octanol–water partition coefficient (Wildman–Crippen LogP) is 10.6. The molecule has 2 N–H and O–H groups in total. The van der Waals surface area contributed by atoms with Crippen molar-refractivity contribution in [1.29, 1.82) is 0 Å². The second kappa shape index (κ2) is 21.7. The summed E-state index contributed by atoms with van der Waals surface area (Å²) < 4.78 is 36.6. The lowest BCUT2D eigenvalue weighted by Gasteiger charge is -2.39. The monoisotopic (exact) mass is 966 g/mol. The number of nitro groups is 1. The summed E-state index contributed by atoms with van der Waals surface area (Å²) in [5.41, 5.74) is 6.04. The molecule has 8 rings (SSSR count). The first-order valence-electron chi connectivity index (χ1n) is 23.5. The Labute approximate surface area is 404 Å². The van der Waals surface area contributed by atoms with Gasteiger partial charge in [-0.1, -0.05) is 61.4 Å². The van der Waals surface area contributed by atoms with E-state index in [9.17, 15) is 18.5 Å². The second-order valence-electron chi connectivity index (χ2n) is 19.1. The summed E-state index contributed by atoms with van der Waals surface area (Å²) in [7, 11) is -4.29. The minimum atomic E-state index is -4.29. The maximum atomic E-state index is 14.0. The molecule has 0 amide bonds. The SMILES string of the molecule is CC(C)OC1CCN(CC[C@H](CSc2ccccc2)Nc2ccc(S(=O)(=O)Nc3ncnc4cc(N5CCN(CC6=C(c7ccc(Cl)cc7)CCC(C)(C)C6)CC5)ccc34)cc2[N+](=O)[O-])CC1. The van der Waals surface area contributed by atoms with Gasteiger partial charge in [-0.25, -0.2) is 18.4 Å². The van der Waals surface area contributed by atoms with Crippen LogP contribution >= 0.6 is 23.4 Å². The van der Waals surface area contributed by atoms with Gasteiger partial charge in [0.2, 0.25) is 0 Å². The maximum absolute atomic E-state index is 14.0. The molecule has 3 heterocycles. The van der Waals surface area contributed by atoms with Gasteiger partial charge in [0.1, 0.15) is 12.0 Å². The first kappa shape index (κ1) is 48.7. The highest BCUT2D eigenvalue weighted by molar-refractivity contribution is 7.99. The van der Waals surface area contributed by atoms with E-state index in [2.05, 4.69) is 74.5 Å². The van der Waals surface area contributed by atoms with Gasteiger partial charge < -0.3 is 19.9 Å². The Morgan fingerprint density at radius 1 is 0.925 bits per heavy atom. The highest BCUT2D eigenvalue weighted by atomic mass is 35.5. The molecule has 2 saturated heterocycles. The molecular weight excluding hydrogens is 904 g/mol. The average molecular weight is 968 g/mol. The van der Waals surface area contributed by atoms with Crippen LogP contribution in [0.4, 0.5) is 22.9 Å². The quantitative estimate of drug-likeness (QED) is 0.0490. The smallest absolute Gasteiger partial charge is 0.293 e. The molecule has 2 aliphatic heterocycles. The Balaban J connectivity index is 0.925. The number of hydrogen-bond acceptors (Lipinski definition) is 12. The zero-order chi connectivity index (χ0) is 47.1. The lowest BCUT2D eigenvalue weighted by Crippen LogP contribution is -2.47. The Hall–Kier alpha value is -4.77. The van der Waals surface area contributed by atoms with Crippen LogP contribution in [0.5, 0.6) is 0 Å². The normalized spacial score (nSPS) is 18.1. The number of anilines is 3. The van der Waals surface area contributed by atoms with Crippen LogP contribution in [0.2, 0.25) is 5.02 Å². The molecule has 5 aromatic rings. The van der Waals surface area contributed by atoms with Crippen molar-refractivity contribution in [2.24, 2.45) is 5.41 Å². The third-order valence-corrected chi connectivity index (χ3v) is 16.0. The molecule has 0 unspecified atom stereocenters. The number of piperidine rings is 1. The van der Waals surface area contributed by atoms with Gasteiger partial charge in [-0.2, -0.15) is 0 Å². The molecule has 1 aromatic heterocycles. The molecule has 1 atom stereocenters.